The van der Waals surface area contributed by atoms with E-state index in [1.54, 1.807) is 0 Å². The van der Waals surface area contributed by atoms with Gasteiger partial charge in [0, 0.05) is 37.2 Å². The molecule has 0 atom stereocenters. The van der Waals surface area contributed by atoms with Gasteiger partial charge in [0.15, 0.2) is 0 Å². The molecule has 10 aromatic rings. The lowest BCUT2D eigenvalue weighted by atomic mass is 9.95. The van der Waals surface area contributed by atoms with Crippen LogP contribution in [-0.2, 0) is 0 Å². The van der Waals surface area contributed by atoms with Gasteiger partial charge in [0.1, 0.15) is 0 Å². The van der Waals surface area contributed by atoms with Crippen molar-refractivity contribution in [1.29, 1.82) is 0 Å². The normalized spacial score (nSPS) is 11.3. The minimum absolute atomic E-state index is 1.11. The van der Waals surface area contributed by atoms with Crippen LogP contribution < -0.4 is 4.90 Å². The van der Waals surface area contributed by atoms with E-state index in [-0.39, 0.29) is 0 Å². The van der Waals surface area contributed by atoms with Crippen LogP contribution in [-0.4, -0.2) is 0 Å². The van der Waals surface area contributed by atoms with E-state index < -0.39 is 0 Å². The summed E-state index contributed by atoms with van der Waals surface area (Å²) in [5, 5.41) is 5.16. The number of fused-ring (bicyclic) bond motifs is 4. The van der Waals surface area contributed by atoms with Gasteiger partial charge < -0.3 is 4.90 Å². The third kappa shape index (κ3) is 5.84. The Morgan fingerprint density at radius 3 is 1.65 bits per heavy atom. The Morgan fingerprint density at radius 2 is 0.833 bits per heavy atom. The van der Waals surface area contributed by atoms with Gasteiger partial charge in [-0.25, -0.2) is 0 Å². The second-order valence-corrected chi connectivity index (χ2v) is 14.8. The summed E-state index contributed by atoms with van der Waals surface area (Å²) in [6, 6.07) is 77.1. The molecule has 0 N–H and O–H groups in total. The molecule has 0 aliphatic rings. The summed E-state index contributed by atoms with van der Waals surface area (Å²) in [6.45, 7) is 0. The summed E-state index contributed by atoms with van der Waals surface area (Å²) in [7, 11) is 0. The van der Waals surface area contributed by atoms with Crippen molar-refractivity contribution in [2.24, 2.45) is 0 Å². The molecule has 0 aliphatic carbocycles. The number of hydrogen-bond donors (Lipinski definition) is 0. The van der Waals surface area contributed by atoms with Crippen molar-refractivity contribution >= 4 is 59.3 Å². The molecule has 2 heteroatoms. The number of anilines is 3. The van der Waals surface area contributed by atoms with Crippen LogP contribution in [0.15, 0.2) is 212 Å². The maximum absolute atomic E-state index is 2.37. The summed E-state index contributed by atoms with van der Waals surface area (Å²) in [6.07, 6.45) is 0. The van der Waals surface area contributed by atoms with Gasteiger partial charge in [-0.05, 0) is 104 Å². The highest BCUT2D eigenvalue weighted by molar-refractivity contribution is 7.26. The lowest BCUT2D eigenvalue weighted by Gasteiger charge is -2.26. The summed E-state index contributed by atoms with van der Waals surface area (Å²) < 4.78 is 2.66. The fraction of sp³-hybridized carbons (Fsp3) is 0. The van der Waals surface area contributed by atoms with Crippen LogP contribution in [0.2, 0.25) is 0 Å². The van der Waals surface area contributed by atoms with E-state index in [0.29, 0.717) is 0 Å². The topological polar surface area (TPSA) is 3.24 Å². The zero-order valence-electron chi connectivity index (χ0n) is 29.6. The zero-order valence-corrected chi connectivity index (χ0v) is 30.4. The first-order valence-electron chi connectivity index (χ1n) is 18.4. The second-order valence-electron chi connectivity index (χ2n) is 13.7. The first-order chi connectivity index (χ1) is 26.8. The van der Waals surface area contributed by atoms with Gasteiger partial charge in [0.2, 0.25) is 0 Å². The molecule has 1 nitrogen and oxygen atoms in total. The molecule has 0 fully saturated rings. The first-order valence-corrected chi connectivity index (χ1v) is 19.2. The third-order valence-electron chi connectivity index (χ3n) is 10.5. The van der Waals surface area contributed by atoms with Gasteiger partial charge in [0.05, 0.1) is 0 Å². The summed E-state index contributed by atoms with van der Waals surface area (Å²) in [5.41, 5.74) is 13.0. The molecule has 9 aromatic carbocycles. The van der Waals surface area contributed by atoms with Crippen LogP contribution in [0.4, 0.5) is 17.1 Å². The SMILES string of the molecule is c1ccc(-c2ccc(N(c3ccc(-c4cccc5c4sc4ccccc45)cc3)c3cccc(-c4cccc(-c5cccc6ccccc56)c4)c3)cc2)cc1. The largest absolute Gasteiger partial charge is 0.310 e. The summed E-state index contributed by atoms with van der Waals surface area (Å²) in [4.78, 5) is 2.37. The summed E-state index contributed by atoms with van der Waals surface area (Å²) in [5.74, 6) is 0. The Labute approximate surface area is 319 Å². The van der Waals surface area contributed by atoms with Gasteiger partial charge in [-0.15, -0.1) is 11.3 Å². The molecule has 254 valence electrons. The van der Waals surface area contributed by atoms with Crippen LogP contribution in [0.1, 0.15) is 0 Å². The van der Waals surface area contributed by atoms with E-state index in [1.807, 2.05) is 11.3 Å². The highest BCUT2D eigenvalue weighted by atomic mass is 32.1. The maximum atomic E-state index is 2.37. The third-order valence-corrected chi connectivity index (χ3v) is 11.7. The van der Waals surface area contributed by atoms with Crippen molar-refractivity contribution in [2.45, 2.75) is 0 Å². The fourth-order valence-corrected chi connectivity index (χ4v) is 9.05. The van der Waals surface area contributed by atoms with Gasteiger partial charge in [-0.1, -0.05) is 164 Å². The fourth-order valence-electron chi connectivity index (χ4n) is 7.81. The molecule has 0 saturated carbocycles. The molecule has 0 spiro atoms. The Balaban J connectivity index is 1.06. The standard InChI is InChI=1S/C52H35NS/c1-2-12-36(13-3-1)37-26-30-43(31-27-37)53(44-32-28-39(29-33-44)48-23-11-24-50-49-21-6-7-25-51(49)54-52(48)50)45-19-9-17-41(35-45)40-16-8-18-42(34-40)47-22-10-15-38-14-4-5-20-46(38)47/h1-35H. The van der Waals surface area contributed by atoms with E-state index in [4.69, 9.17) is 0 Å². The average Bonchev–Trinajstić information content (AvgIpc) is 3.64. The second kappa shape index (κ2) is 13.7. The number of hydrogen-bond acceptors (Lipinski definition) is 2. The average molecular weight is 706 g/mol. The van der Waals surface area contributed by atoms with Gasteiger partial charge in [-0.2, -0.15) is 0 Å². The molecule has 10 rings (SSSR count). The van der Waals surface area contributed by atoms with Crippen LogP contribution in [0.25, 0.3) is 75.5 Å². The molecular weight excluding hydrogens is 671 g/mol. The van der Waals surface area contributed by atoms with Crippen molar-refractivity contribution in [2.75, 3.05) is 4.90 Å². The Morgan fingerprint density at radius 1 is 0.296 bits per heavy atom. The predicted octanol–water partition coefficient (Wildman–Crippen LogP) is 15.3. The Bertz CT molecular complexity index is 2920. The van der Waals surface area contributed by atoms with Crippen molar-refractivity contribution < 1.29 is 0 Å². The van der Waals surface area contributed by atoms with Gasteiger partial charge >= 0.3 is 0 Å². The molecule has 0 saturated heterocycles. The minimum atomic E-state index is 1.11. The predicted molar refractivity (Wildman–Crippen MR) is 233 cm³/mol. The molecular formula is C52H35NS. The van der Waals surface area contributed by atoms with E-state index in [2.05, 4.69) is 217 Å². The van der Waals surface area contributed by atoms with E-state index >= 15 is 0 Å². The van der Waals surface area contributed by atoms with Crippen molar-refractivity contribution in [3.8, 4) is 44.5 Å². The molecule has 54 heavy (non-hydrogen) atoms. The molecule has 0 radical (unpaired) electrons. The first kappa shape index (κ1) is 32.0. The van der Waals surface area contributed by atoms with Gasteiger partial charge in [-0.3, -0.25) is 0 Å². The van der Waals surface area contributed by atoms with Crippen molar-refractivity contribution in [3.05, 3.63) is 212 Å². The molecule has 0 amide bonds. The van der Waals surface area contributed by atoms with Crippen LogP contribution in [0.3, 0.4) is 0 Å². The molecule has 0 aliphatic heterocycles. The Kier molecular flexibility index (Phi) is 8.09. The minimum Gasteiger partial charge on any atom is -0.310 e. The van der Waals surface area contributed by atoms with Gasteiger partial charge in [0.25, 0.3) is 0 Å². The van der Waals surface area contributed by atoms with Crippen molar-refractivity contribution in [1.82, 2.24) is 0 Å². The van der Waals surface area contributed by atoms with Crippen molar-refractivity contribution in [3.63, 3.8) is 0 Å². The van der Waals surface area contributed by atoms with E-state index in [1.165, 1.54) is 75.5 Å². The quantitative estimate of drug-likeness (QED) is 0.160. The van der Waals surface area contributed by atoms with E-state index in [9.17, 15) is 0 Å². The lowest BCUT2D eigenvalue weighted by molar-refractivity contribution is 1.28. The number of rotatable bonds is 7. The molecule has 0 unspecified atom stereocenters. The van der Waals surface area contributed by atoms with Crippen LogP contribution >= 0.6 is 11.3 Å². The smallest absolute Gasteiger partial charge is 0.0467 e. The number of nitrogens with zero attached hydrogens (tertiary/aromatic N) is 1. The zero-order chi connectivity index (χ0) is 35.8. The highest BCUT2D eigenvalue weighted by Crippen LogP contribution is 2.42. The maximum Gasteiger partial charge on any atom is 0.0467 e. The number of thiophene rings is 1. The summed E-state index contributed by atoms with van der Waals surface area (Å²) >= 11 is 1.88. The molecule has 0 bridgehead atoms. The Hall–Kier alpha value is -6.74. The van der Waals surface area contributed by atoms with E-state index in [0.717, 1.165) is 17.1 Å². The number of benzene rings is 9. The van der Waals surface area contributed by atoms with Crippen LogP contribution in [0.5, 0.6) is 0 Å². The molecule has 1 heterocycles. The van der Waals surface area contributed by atoms with Crippen LogP contribution in [0, 0.1) is 0 Å². The highest BCUT2D eigenvalue weighted by Gasteiger charge is 2.16. The molecule has 1 aromatic heterocycles. The lowest BCUT2D eigenvalue weighted by Crippen LogP contribution is -2.10. The monoisotopic (exact) mass is 705 g/mol.